The highest BCUT2D eigenvalue weighted by Gasteiger charge is 2.12. The molecule has 0 heterocycles. The fourth-order valence-corrected chi connectivity index (χ4v) is 2.51. The Morgan fingerprint density at radius 1 is 0.947 bits per heavy atom. The van der Waals surface area contributed by atoms with E-state index in [-0.39, 0.29) is 11.5 Å². The summed E-state index contributed by atoms with van der Waals surface area (Å²) in [6.07, 6.45) is 10.2. The SMILES string of the molecule is CCCCCCCCCC(C)c1cccc(O)c1O. The molecule has 0 aliphatic carbocycles. The summed E-state index contributed by atoms with van der Waals surface area (Å²) in [7, 11) is 0. The quantitative estimate of drug-likeness (QED) is 0.466. The zero-order valence-electron chi connectivity index (χ0n) is 12.4. The minimum Gasteiger partial charge on any atom is -0.504 e. The molecule has 0 aliphatic heterocycles. The third-order valence-corrected chi connectivity index (χ3v) is 3.82. The summed E-state index contributed by atoms with van der Waals surface area (Å²) in [6, 6.07) is 5.23. The van der Waals surface area contributed by atoms with Gasteiger partial charge < -0.3 is 10.2 Å². The Morgan fingerprint density at radius 2 is 1.58 bits per heavy atom. The van der Waals surface area contributed by atoms with Gasteiger partial charge >= 0.3 is 0 Å². The molecule has 0 bridgehead atoms. The summed E-state index contributed by atoms with van der Waals surface area (Å²) in [5.41, 5.74) is 0.867. The van der Waals surface area contributed by atoms with Gasteiger partial charge in [-0.05, 0) is 18.4 Å². The number of rotatable bonds is 9. The van der Waals surface area contributed by atoms with Crippen LogP contribution in [0.2, 0.25) is 0 Å². The van der Waals surface area contributed by atoms with E-state index in [9.17, 15) is 10.2 Å². The van der Waals surface area contributed by atoms with Crippen molar-refractivity contribution in [2.24, 2.45) is 0 Å². The molecule has 108 valence electrons. The summed E-state index contributed by atoms with van der Waals surface area (Å²) in [4.78, 5) is 0. The van der Waals surface area contributed by atoms with Crippen molar-refractivity contribution in [3.8, 4) is 11.5 Å². The van der Waals surface area contributed by atoms with Gasteiger partial charge in [0.1, 0.15) is 0 Å². The van der Waals surface area contributed by atoms with Crippen LogP contribution >= 0.6 is 0 Å². The van der Waals surface area contributed by atoms with Crippen LogP contribution in [0.5, 0.6) is 11.5 Å². The van der Waals surface area contributed by atoms with Gasteiger partial charge in [-0.3, -0.25) is 0 Å². The van der Waals surface area contributed by atoms with E-state index in [0.717, 1.165) is 12.0 Å². The topological polar surface area (TPSA) is 40.5 Å². The molecule has 2 nitrogen and oxygen atoms in total. The molecule has 2 N–H and O–H groups in total. The van der Waals surface area contributed by atoms with E-state index in [1.807, 2.05) is 6.07 Å². The summed E-state index contributed by atoms with van der Waals surface area (Å²) in [6.45, 7) is 4.36. The Kier molecular flexibility index (Phi) is 7.39. The van der Waals surface area contributed by atoms with Crippen LogP contribution in [-0.2, 0) is 0 Å². The monoisotopic (exact) mass is 264 g/mol. The number of phenols is 2. The van der Waals surface area contributed by atoms with Gasteiger partial charge in [-0.15, -0.1) is 0 Å². The van der Waals surface area contributed by atoms with Crippen molar-refractivity contribution in [1.82, 2.24) is 0 Å². The second-order valence-electron chi connectivity index (χ2n) is 5.53. The fraction of sp³-hybridized carbons (Fsp3) is 0.647. The molecular formula is C17H28O2. The minimum atomic E-state index is -0.0103. The van der Waals surface area contributed by atoms with Crippen LogP contribution in [0.4, 0.5) is 0 Å². The van der Waals surface area contributed by atoms with Crippen LogP contribution in [-0.4, -0.2) is 10.2 Å². The number of para-hydroxylation sites is 1. The second-order valence-corrected chi connectivity index (χ2v) is 5.53. The highest BCUT2D eigenvalue weighted by atomic mass is 16.3. The number of hydrogen-bond donors (Lipinski definition) is 2. The number of hydrogen-bond acceptors (Lipinski definition) is 2. The molecule has 0 saturated heterocycles. The average Bonchev–Trinajstić information content (AvgIpc) is 2.40. The van der Waals surface area contributed by atoms with Crippen LogP contribution in [0.15, 0.2) is 18.2 Å². The van der Waals surface area contributed by atoms with E-state index >= 15 is 0 Å². The van der Waals surface area contributed by atoms with Gasteiger partial charge in [0.15, 0.2) is 11.5 Å². The molecule has 1 atom stereocenters. The summed E-state index contributed by atoms with van der Waals surface area (Å²) < 4.78 is 0. The van der Waals surface area contributed by atoms with Crippen molar-refractivity contribution in [1.29, 1.82) is 0 Å². The molecule has 1 aromatic rings. The van der Waals surface area contributed by atoms with E-state index in [1.165, 1.54) is 51.0 Å². The summed E-state index contributed by atoms with van der Waals surface area (Å²) in [5, 5.41) is 19.3. The predicted molar refractivity (Wildman–Crippen MR) is 80.8 cm³/mol. The minimum absolute atomic E-state index is 0.0103. The van der Waals surface area contributed by atoms with Crippen molar-refractivity contribution in [2.75, 3.05) is 0 Å². The third-order valence-electron chi connectivity index (χ3n) is 3.82. The molecule has 0 radical (unpaired) electrons. The maximum Gasteiger partial charge on any atom is 0.160 e. The summed E-state index contributed by atoms with van der Waals surface area (Å²) >= 11 is 0. The van der Waals surface area contributed by atoms with Gasteiger partial charge in [0.05, 0.1) is 0 Å². The third kappa shape index (κ3) is 5.54. The smallest absolute Gasteiger partial charge is 0.160 e. The lowest BCUT2D eigenvalue weighted by atomic mass is 9.93. The van der Waals surface area contributed by atoms with E-state index in [0.29, 0.717) is 5.92 Å². The molecular weight excluding hydrogens is 236 g/mol. The van der Waals surface area contributed by atoms with Gasteiger partial charge in [0, 0.05) is 5.56 Å². The maximum absolute atomic E-state index is 9.82. The van der Waals surface area contributed by atoms with Gasteiger partial charge in [0.25, 0.3) is 0 Å². The fourth-order valence-electron chi connectivity index (χ4n) is 2.51. The van der Waals surface area contributed by atoms with Gasteiger partial charge in [-0.25, -0.2) is 0 Å². The molecule has 0 fully saturated rings. The first-order valence-corrected chi connectivity index (χ1v) is 7.67. The van der Waals surface area contributed by atoms with Gasteiger partial charge in [0.2, 0.25) is 0 Å². The van der Waals surface area contributed by atoms with Crippen molar-refractivity contribution < 1.29 is 10.2 Å². The zero-order valence-corrected chi connectivity index (χ0v) is 12.4. The molecule has 1 aromatic carbocycles. The highest BCUT2D eigenvalue weighted by molar-refractivity contribution is 5.45. The van der Waals surface area contributed by atoms with E-state index in [2.05, 4.69) is 13.8 Å². The Hall–Kier alpha value is -1.18. The standard InChI is InChI=1S/C17H28O2/c1-3-4-5-6-7-8-9-11-14(2)15-12-10-13-16(18)17(15)19/h10,12-14,18-19H,3-9,11H2,1-2H3. The number of aromatic hydroxyl groups is 2. The first-order valence-electron chi connectivity index (χ1n) is 7.67. The molecule has 0 aliphatic rings. The molecule has 1 unspecified atom stereocenters. The number of phenolic OH excluding ortho intramolecular Hbond substituents is 2. The van der Waals surface area contributed by atoms with Crippen LogP contribution in [0.25, 0.3) is 0 Å². The molecule has 2 heteroatoms. The highest BCUT2D eigenvalue weighted by Crippen LogP contribution is 2.35. The predicted octanol–water partition coefficient (Wildman–Crippen LogP) is 5.34. The second kappa shape index (κ2) is 8.84. The first kappa shape index (κ1) is 15.9. The lowest BCUT2D eigenvalue weighted by Crippen LogP contribution is -1.94. The van der Waals surface area contributed by atoms with Crippen LogP contribution in [0.1, 0.15) is 76.7 Å². The lowest BCUT2D eigenvalue weighted by Gasteiger charge is -2.14. The molecule has 1 rings (SSSR count). The van der Waals surface area contributed by atoms with Gasteiger partial charge in [-0.1, -0.05) is 70.9 Å². The molecule has 0 spiro atoms. The number of benzene rings is 1. The Labute approximate surface area is 117 Å². The zero-order chi connectivity index (χ0) is 14.1. The largest absolute Gasteiger partial charge is 0.504 e. The Bertz CT molecular complexity index is 360. The summed E-state index contributed by atoms with van der Waals surface area (Å²) in [5.74, 6) is 0.351. The molecule has 0 saturated carbocycles. The Balaban J connectivity index is 2.24. The normalized spacial score (nSPS) is 12.5. The lowest BCUT2D eigenvalue weighted by molar-refractivity contribution is 0.395. The van der Waals surface area contributed by atoms with Gasteiger partial charge in [-0.2, -0.15) is 0 Å². The van der Waals surface area contributed by atoms with E-state index in [1.54, 1.807) is 6.07 Å². The van der Waals surface area contributed by atoms with E-state index < -0.39 is 0 Å². The van der Waals surface area contributed by atoms with Crippen molar-refractivity contribution in [2.45, 2.75) is 71.1 Å². The van der Waals surface area contributed by atoms with Crippen molar-refractivity contribution >= 4 is 0 Å². The molecule has 19 heavy (non-hydrogen) atoms. The molecule has 0 aromatic heterocycles. The van der Waals surface area contributed by atoms with Crippen LogP contribution in [0, 0.1) is 0 Å². The van der Waals surface area contributed by atoms with Crippen LogP contribution < -0.4 is 0 Å². The van der Waals surface area contributed by atoms with E-state index in [4.69, 9.17) is 0 Å². The average molecular weight is 264 g/mol. The molecule has 0 amide bonds. The Morgan fingerprint density at radius 3 is 2.26 bits per heavy atom. The maximum atomic E-state index is 9.82. The first-order chi connectivity index (χ1) is 9.16. The van der Waals surface area contributed by atoms with Crippen molar-refractivity contribution in [3.63, 3.8) is 0 Å². The van der Waals surface area contributed by atoms with Crippen molar-refractivity contribution in [3.05, 3.63) is 23.8 Å². The van der Waals surface area contributed by atoms with Crippen LogP contribution in [0.3, 0.4) is 0 Å². The number of unbranched alkanes of at least 4 members (excludes halogenated alkanes) is 6.